The van der Waals surface area contributed by atoms with Crippen LogP contribution in [0.1, 0.15) is 25.8 Å². The van der Waals surface area contributed by atoms with Crippen LogP contribution in [0.5, 0.6) is 0 Å². The van der Waals surface area contributed by atoms with Crippen molar-refractivity contribution in [2.24, 2.45) is 0 Å². The largest absolute Gasteiger partial charge is 0.462 e. The number of ether oxygens (including phenoxy) is 2. The lowest BCUT2D eigenvalue weighted by atomic mass is 10.2. The summed E-state index contributed by atoms with van der Waals surface area (Å²) < 4.78 is 9.59. The van der Waals surface area contributed by atoms with Crippen LogP contribution < -0.4 is 0 Å². The zero-order valence-electron chi connectivity index (χ0n) is 13.8. The molecule has 0 aliphatic heterocycles. The molecule has 0 aliphatic carbocycles. The van der Waals surface area contributed by atoms with Crippen molar-refractivity contribution < 1.29 is 19.1 Å². The van der Waals surface area contributed by atoms with Crippen LogP contribution in [-0.2, 0) is 19.1 Å². The first-order valence-electron chi connectivity index (χ1n) is 7.21. The summed E-state index contributed by atoms with van der Waals surface area (Å²) in [5.74, 6) is -0.859. The highest BCUT2D eigenvalue weighted by Gasteiger charge is 2.04. The highest BCUT2D eigenvalue weighted by molar-refractivity contribution is 5.87. The molecule has 0 bridgehead atoms. The van der Waals surface area contributed by atoms with E-state index in [1.165, 1.54) is 5.56 Å². The first-order chi connectivity index (χ1) is 10.9. The van der Waals surface area contributed by atoms with E-state index in [9.17, 15) is 9.59 Å². The molecule has 0 spiro atoms. The van der Waals surface area contributed by atoms with Gasteiger partial charge in [-0.05, 0) is 19.4 Å². The second-order valence-electron chi connectivity index (χ2n) is 4.80. The van der Waals surface area contributed by atoms with Gasteiger partial charge in [0.05, 0.1) is 13.2 Å². The van der Waals surface area contributed by atoms with Gasteiger partial charge in [0.2, 0.25) is 0 Å². The molecule has 0 N–H and O–H groups in total. The molecule has 124 valence electrons. The summed E-state index contributed by atoms with van der Waals surface area (Å²) in [6, 6.07) is 10.0. The second kappa shape index (κ2) is 12.0. The smallest absolute Gasteiger partial charge is 0.333 e. The van der Waals surface area contributed by atoms with E-state index in [0.717, 1.165) is 0 Å². The summed E-state index contributed by atoms with van der Waals surface area (Å²) in [5, 5.41) is 0. The van der Waals surface area contributed by atoms with E-state index < -0.39 is 11.9 Å². The Bertz CT molecular complexity index is 516. The minimum Gasteiger partial charge on any atom is -0.462 e. The Morgan fingerprint density at radius 2 is 1.39 bits per heavy atom. The lowest BCUT2D eigenvalue weighted by molar-refractivity contribution is -0.141. The molecule has 4 nitrogen and oxygen atoms in total. The monoisotopic (exact) mass is 316 g/mol. The highest BCUT2D eigenvalue weighted by atomic mass is 16.5. The number of carbonyl (C=O) groups excluding carboxylic acids is 2. The minimum atomic E-state index is -0.429. The van der Waals surface area contributed by atoms with Gasteiger partial charge >= 0.3 is 11.9 Å². The minimum absolute atomic E-state index is 0.217. The fourth-order valence-electron chi connectivity index (χ4n) is 1.22. The van der Waals surface area contributed by atoms with Gasteiger partial charge in [-0.25, -0.2) is 9.59 Å². The molecule has 0 atom stereocenters. The highest BCUT2D eigenvalue weighted by Crippen LogP contribution is 1.97. The quantitative estimate of drug-likeness (QED) is 0.434. The molecule has 0 fully saturated rings. The van der Waals surface area contributed by atoms with Gasteiger partial charge in [0, 0.05) is 17.6 Å². The molecule has 23 heavy (non-hydrogen) atoms. The van der Waals surface area contributed by atoms with Gasteiger partial charge in [0.1, 0.15) is 0 Å². The van der Waals surface area contributed by atoms with Crippen LogP contribution in [-0.4, -0.2) is 25.2 Å². The lowest BCUT2D eigenvalue weighted by Gasteiger charge is -2.05. The van der Waals surface area contributed by atoms with E-state index in [1.807, 2.05) is 36.4 Å². The van der Waals surface area contributed by atoms with Gasteiger partial charge in [0.15, 0.2) is 0 Å². The zero-order chi connectivity index (χ0) is 17.7. The molecule has 0 radical (unpaired) electrons. The third kappa shape index (κ3) is 10.7. The number of hydrogen-bond acceptors (Lipinski definition) is 4. The van der Waals surface area contributed by atoms with E-state index in [0.29, 0.717) is 17.6 Å². The summed E-state index contributed by atoms with van der Waals surface area (Å²) in [4.78, 5) is 21.8. The molecule has 0 unspecified atom stereocenters. The Labute approximate surface area is 138 Å². The number of rotatable bonds is 7. The maximum Gasteiger partial charge on any atom is 0.333 e. The van der Waals surface area contributed by atoms with Crippen LogP contribution in [0.25, 0.3) is 6.08 Å². The fraction of sp³-hybridized carbons (Fsp3) is 0.263. The normalized spacial score (nSPS) is 8.96. The molecule has 0 heterocycles. The van der Waals surface area contributed by atoms with Crippen molar-refractivity contribution >= 4 is 18.0 Å². The van der Waals surface area contributed by atoms with Gasteiger partial charge in [0.25, 0.3) is 0 Å². The average Bonchev–Trinajstić information content (AvgIpc) is 2.55. The van der Waals surface area contributed by atoms with Gasteiger partial charge < -0.3 is 9.47 Å². The zero-order valence-corrected chi connectivity index (χ0v) is 13.8. The van der Waals surface area contributed by atoms with Gasteiger partial charge in [-0.2, -0.15) is 0 Å². The Kier molecular flexibility index (Phi) is 10.6. The summed E-state index contributed by atoms with van der Waals surface area (Å²) in [5.41, 5.74) is 1.88. The summed E-state index contributed by atoms with van der Waals surface area (Å²) in [6.45, 7) is 14.1. The molecule has 1 rings (SSSR count). The van der Waals surface area contributed by atoms with E-state index in [1.54, 1.807) is 13.8 Å². The molecule has 1 aromatic rings. The van der Waals surface area contributed by atoms with E-state index >= 15 is 0 Å². The van der Waals surface area contributed by atoms with Crippen LogP contribution in [0.15, 0.2) is 61.2 Å². The summed E-state index contributed by atoms with van der Waals surface area (Å²) >= 11 is 0. The first-order valence-corrected chi connectivity index (χ1v) is 7.21. The van der Waals surface area contributed by atoms with Crippen LogP contribution in [0, 0.1) is 0 Å². The number of benzene rings is 1. The standard InChI is InChI=1S/C11H16O4.C8H8/c1-8(2)10(12)14-6-5-7-15-11(13)9(3)4;1-2-8-6-4-3-5-7-8/h1,3,5-7H2,2,4H3;2-7H,1H2. The van der Waals surface area contributed by atoms with Crippen molar-refractivity contribution in [3.05, 3.63) is 66.8 Å². The van der Waals surface area contributed by atoms with Crippen LogP contribution in [0.2, 0.25) is 0 Å². The molecular formula is C19H24O4. The second-order valence-corrected chi connectivity index (χ2v) is 4.80. The topological polar surface area (TPSA) is 52.6 Å². The Hall–Kier alpha value is -2.62. The van der Waals surface area contributed by atoms with Crippen LogP contribution in [0.4, 0.5) is 0 Å². The van der Waals surface area contributed by atoms with E-state index in [4.69, 9.17) is 9.47 Å². The molecule has 0 aromatic heterocycles. The Balaban J connectivity index is 0.000000502. The van der Waals surface area contributed by atoms with Crippen molar-refractivity contribution in [3.63, 3.8) is 0 Å². The van der Waals surface area contributed by atoms with Crippen molar-refractivity contribution in [3.8, 4) is 0 Å². The van der Waals surface area contributed by atoms with Crippen LogP contribution >= 0.6 is 0 Å². The predicted octanol–water partition coefficient (Wildman–Crippen LogP) is 3.94. The molecule has 0 amide bonds. The SMILES string of the molecule is C=C(C)C(=O)OCCCOC(=O)C(=C)C.C=Cc1ccccc1. The number of esters is 2. The number of carbonyl (C=O) groups is 2. The van der Waals surface area contributed by atoms with Crippen molar-refractivity contribution in [1.82, 2.24) is 0 Å². The third-order valence-corrected chi connectivity index (χ3v) is 2.49. The summed E-state index contributed by atoms with van der Waals surface area (Å²) in [6.07, 6.45) is 2.30. The first kappa shape index (κ1) is 20.4. The third-order valence-electron chi connectivity index (χ3n) is 2.49. The Morgan fingerprint density at radius 3 is 1.70 bits per heavy atom. The van der Waals surface area contributed by atoms with E-state index in [2.05, 4.69) is 19.7 Å². The molecular weight excluding hydrogens is 292 g/mol. The van der Waals surface area contributed by atoms with Gasteiger partial charge in [-0.3, -0.25) is 0 Å². The molecule has 0 saturated carbocycles. The maximum absolute atomic E-state index is 10.9. The predicted molar refractivity (Wildman–Crippen MR) is 92.7 cm³/mol. The lowest BCUT2D eigenvalue weighted by Crippen LogP contribution is -2.11. The van der Waals surface area contributed by atoms with Crippen molar-refractivity contribution in [2.45, 2.75) is 20.3 Å². The van der Waals surface area contributed by atoms with Crippen molar-refractivity contribution in [1.29, 1.82) is 0 Å². The van der Waals surface area contributed by atoms with Crippen molar-refractivity contribution in [2.75, 3.05) is 13.2 Å². The fourth-order valence-corrected chi connectivity index (χ4v) is 1.22. The van der Waals surface area contributed by atoms with Gasteiger partial charge in [-0.1, -0.05) is 56.1 Å². The molecule has 0 aliphatic rings. The number of hydrogen-bond donors (Lipinski definition) is 0. The summed E-state index contributed by atoms with van der Waals surface area (Å²) in [7, 11) is 0. The average molecular weight is 316 g/mol. The van der Waals surface area contributed by atoms with E-state index in [-0.39, 0.29) is 13.2 Å². The molecule has 1 aromatic carbocycles. The van der Waals surface area contributed by atoms with Gasteiger partial charge in [-0.15, -0.1) is 0 Å². The molecule has 4 heteroatoms. The van der Waals surface area contributed by atoms with Crippen LogP contribution in [0.3, 0.4) is 0 Å². The maximum atomic E-state index is 10.9. The Morgan fingerprint density at radius 1 is 0.957 bits per heavy atom. The molecule has 0 saturated heterocycles.